The third kappa shape index (κ3) is 2.79. The van der Waals surface area contributed by atoms with Crippen LogP contribution in [0.1, 0.15) is 31.2 Å². The van der Waals surface area contributed by atoms with E-state index in [1.807, 2.05) is 13.8 Å². The molecule has 0 spiro atoms. The Bertz CT molecular complexity index is 439. The van der Waals surface area contributed by atoms with Crippen LogP contribution in [0.25, 0.3) is 0 Å². The summed E-state index contributed by atoms with van der Waals surface area (Å²) in [5.74, 6) is -0.616. The zero-order valence-corrected chi connectivity index (χ0v) is 9.13. The Labute approximate surface area is 91.1 Å². The summed E-state index contributed by atoms with van der Waals surface area (Å²) in [5.41, 5.74) is -0.491. The van der Waals surface area contributed by atoms with Crippen LogP contribution in [-0.4, -0.2) is 21.0 Å². The van der Waals surface area contributed by atoms with Crippen LogP contribution >= 0.6 is 11.6 Å². The summed E-state index contributed by atoms with van der Waals surface area (Å²) >= 11 is 5.73. The van der Waals surface area contributed by atoms with Crippen LogP contribution in [0.3, 0.4) is 0 Å². The fourth-order valence-electron chi connectivity index (χ4n) is 1.06. The molecule has 1 heterocycles. The van der Waals surface area contributed by atoms with Crippen LogP contribution in [0, 0.1) is 0 Å². The van der Waals surface area contributed by atoms with Gasteiger partial charge in [-0.2, -0.15) is 0 Å². The molecule has 0 aliphatic heterocycles. The van der Waals surface area contributed by atoms with E-state index in [1.165, 1.54) is 0 Å². The molecule has 82 valence electrons. The first kappa shape index (κ1) is 11.7. The normalized spacial score (nSPS) is 10.7. The number of carboxylic acids is 1. The maximum atomic E-state index is 11.5. The number of aromatic amines is 1. The average Bonchev–Trinajstić information content (AvgIpc) is 2.10. The van der Waals surface area contributed by atoms with Gasteiger partial charge in [-0.15, -0.1) is 0 Å². The highest BCUT2D eigenvalue weighted by molar-refractivity contribution is 6.30. The molecule has 0 radical (unpaired) electrons. The van der Waals surface area contributed by atoms with Gasteiger partial charge in [0.15, 0.2) is 0 Å². The second-order valence-corrected chi connectivity index (χ2v) is 3.80. The number of carboxylic acid groups (broad SMARTS) is 1. The molecular formula is C9H11ClN2O3. The van der Waals surface area contributed by atoms with E-state index in [1.54, 1.807) is 0 Å². The van der Waals surface area contributed by atoms with E-state index in [0.29, 0.717) is 5.82 Å². The molecule has 1 aromatic rings. The molecule has 0 aromatic carbocycles. The van der Waals surface area contributed by atoms with E-state index in [0.717, 1.165) is 0 Å². The number of aliphatic carboxylic acids is 1. The highest BCUT2D eigenvalue weighted by Gasteiger charge is 2.14. The highest BCUT2D eigenvalue weighted by atomic mass is 35.5. The number of hydrogen-bond donors (Lipinski definition) is 2. The summed E-state index contributed by atoms with van der Waals surface area (Å²) in [4.78, 5) is 28.4. The zero-order chi connectivity index (χ0) is 11.6. The molecule has 1 rings (SSSR count). The average molecular weight is 231 g/mol. The highest BCUT2D eigenvalue weighted by Crippen LogP contribution is 2.13. The minimum atomic E-state index is -1.11. The van der Waals surface area contributed by atoms with E-state index in [9.17, 15) is 9.59 Å². The lowest BCUT2D eigenvalue weighted by atomic mass is 10.2. The first-order valence-electron chi connectivity index (χ1n) is 4.42. The van der Waals surface area contributed by atoms with E-state index in [4.69, 9.17) is 16.7 Å². The van der Waals surface area contributed by atoms with Crippen LogP contribution in [0.15, 0.2) is 4.79 Å². The number of nitrogens with zero attached hydrogens (tertiary/aromatic N) is 1. The summed E-state index contributed by atoms with van der Waals surface area (Å²) in [6.45, 7) is 3.71. The minimum Gasteiger partial charge on any atom is -0.481 e. The molecule has 0 atom stereocenters. The van der Waals surface area contributed by atoms with E-state index >= 15 is 0 Å². The predicted molar refractivity (Wildman–Crippen MR) is 55.3 cm³/mol. The van der Waals surface area contributed by atoms with Crippen molar-refractivity contribution in [3.05, 3.63) is 26.9 Å². The molecule has 15 heavy (non-hydrogen) atoms. The van der Waals surface area contributed by atoms with Crippen molar-refractivity contribution in [2.75, 3.05) is 0 Å². The monoisotopic (exact) mass is 230 g/mol. The molecule has 0 aliphatic rings. The van der Waals surface area contributed by atoms with Gasteiger partial charge in [0.05, 0.1) is 12.0 Å². The molecule has 0 unspecified atom stereocenters. The fraction of sp³-hybridized carbons (Fsp3) is 0.444. The van der Waals surface area contributed by atoms with Gasteiger partial charge in [-0.1, -0.05) is 25.4 Å². The minimum absolute atomic E-state index is 0.00596. The molecule has 6 heteroatoms. The van der Waals surface area contributed by atoms with Gasteiger partial charge in [0.1, 0.15) is 11.0 Å². The van der Waals surface area contributed by atoms with E-state index < -0.39 is 17.9 Å². The van der Waals surface area contributed by atoms with Crippen LogP contribution in [0.5, 0.6) is 0 Å². The number of halogens is 1. The number of aromatic nitrogens is 2. The summed E-state index contributed by atoms with van der Waals surface area (Å²) in [5, 5.41) is 8.52. The molecule has 0 aliphatic carbocycles. The Morgan fingerprint density at radius 2 is 2.20 bits per heavy atom. The Balaban J connectivity index is 3.21. The van der Waals surface area contributed by atoms with Crippen molar-refractivity contribution in [2.45, 2.75) is 26.2 Å². The largest absolute Gasteiger partial charge is 0.481 e. The molecule has 0 saturated heterocycles. The van der Waals surface area contributed by atoms with Crippen LogP contribution in [0.2, 0.25) is 5.15 Å². The number of rotatable bonds is 3. The quantitative estimate of drug-likeness (QED) is 0.764. The van der Waals surface area contributed by atoms with Crippen LogP contribution < -0.4 is 5.56 Å². The number of carbonyl (C=O) groups is 1. The van der Waals surface area contributed by atoms with Crippen LogP contribution in [0.4, 0.5) is 0 Å². The zero-order valence-electron chi connectivity index (χ0n) is 8.37. The number of H-pyrrole nitrogens is 1. The van der Waals surface area contributed by atoms with Gasteiger partial charge in [-0.25, -0.2) is 4.98 Å². The summed E-state index contributed by atoms with van der Waals surface area (Å²) < 4.78 is 0. The second-order valence-electron chi connectivity index (χ2n) is 3.45. The van der Waals surface area contributed by atoms with Gasteiger partial charge in [-0.3, -0.25) is 9.59 Å². The molecule has 2 N–H and O–H groups in total. The predicted octanol–water partition coefficient (Wildman–Crippen LogP) is 1.17. The Morgan fingerprint density at radius 1 is 1.60 bits per heavy atom. The maximum Gasteiger partial charge on any atom is 0.308 e. The summed E-state index contributed by atoms with van der Waals surface area (Å²) in [6.07, 6.45) is -0.417. The molecule has 5 nitrogen and oxygen atoms in total. The first-order valence-corrected chi connectivity index (χ1v) is 4.80. The number of hydrogen-bond acceptors (Lipinski definition) is 3. The number of nitrogens with one attached hydrogen (secondary N) is 1. The van der Waals surface area contributed by atoms with Crippen molar-refractivity contribution < 1.29 is 9.90 Å². The van der Waals surface area contributed by atoms with Crippen molar-refractivity contribution in [1.82, 2.24) is 9.97 Å². The third-order valence-corrected chi connectivity index (χ3v) is 2.17. The molecular weight excluding hydrogens is 220 g/mol. The van der Waals surface area contributed by atoms with Gasteiger partial charge in [-0.05, 0) is 0 Å². The van der Waals surface area contributed by atoms with Crippen LogP contribution in [-0.2, 0) is 11.2 Å². The fourth-order valence-corrected chi connectivity index (χ4v) is 1.31. The third-order valence-electron chi connectivity index (χ3n) is 1.86. The Morgan fingerprint density at radius 3 is 2.60 bits per heavy atom. The first-order chi connectivity index (χ1) is 6.91. The van der Waals surface area contributed by atoms with Crippen molar-refractivity contribution in [3.63, 3.8) is 0 Å². The van der Waals surface area contributed by atoms with E-state index in [2.05, 4.69) is 9.97 Å². The summed E-state index contributed by atoms with van der Waals surface area (Å²) in [7, 11) is 0. The molecule has 0 bridgehead atoms. The molecule has 1 aromatic heterocycles. The lowest BCUT2D eigenvalue weighted by Gasteiger charge is -2.06. The van der Waals surface area contributed by atoms with Crippen molar-refractivity contribution >= 4 is 17.6 Å². The van der Waals surface area contributed by atoms with Gasteiger partial charge in [0, 0.05) is 5.92 Å². The van der Waals surface area contributed by atoms with Crippen molar-refractivity contribution in [1.29, 1.82) is 0 Å². The van der Waals surface area contributed by atoms with Gasteiger partial charge >= 0.3 is 5.97 Å². The smallest absolute Gasteiger partial charge is 0.308 e. The van der Waals surface area contributed by atoms with Gasteiger partial charge in [0.2, 0.25) is 0 Å². The maximum absolute atomic E-state index is 11.5. The molecule has 0 fully saturated rings. The Hall–Kier alpha value is -1.36. The summed E-state index contributed by atoms with van der Waals surface area (Å²) in [6, 6.07) is 0. The SMILES string of the molecule is CC(C)c1nc(Cl)c(CC(=O)O)c(=O)[nH]1. The van der Waals surface area contributed by atoms with E-state index in [-0.39, 0.29) is 16.6 Å². The van der Waals surface area contributed by atoms with Gasteiger partial charge < -0.3 is 10.1 Å². The standard InChI is InChI=1S/C9H11ClN2O3/c1-4(2)8-11-7(10)5(3-6(13)14)9(15)12-8/h4H,3H2,1-2H3,(H,13,14)(H,11,12,15). The lowest BCUT2D eigenvalue weighted by Crippen LogP contribution is -2.20. The topological polar surface area (TPSA) is 83.0 Å². The van der Waals surface area contributed by atoms with Crippen molar-refractivity contribution in [2.24, 2.45) is 0 Å². The second kappa shape index (κ2) is 4.44. The van der Waals surface area contributed by atoms with Gasteiger partial charge in [0.25, 0.3) is 5.56 Å². The lowest BCUT2D eigenvalue weighted by molar-refractivity contribution is -0.136. The Kier molecular flexibility index (Phi) is 3.47. The molecule has 0 amide bonds. The van der Waals surface area contributed by atoms with Crippen molar-refractivity contribution in [3.8, 4) is 0 Å². The molecule has 0 saturated carbocycles.